The lowest BCUT2D eigenvalue weighted by Crippen LogP contribution is -2.43. The van der Waals surface area contributed by atoms with E-state index in [0.29, 0.717) is 5.56 Å². The highest BCUT2D eigenvalue weighted by Crippen LogP contribution is 2.20. The standard InChI is InChI=1S/C25H38O3Si/c1-4-29(5-2,6-3)24-20-18-22(19-21-24)25(26)28-27-23-16-14-12-10-8-7-9-11-13-15-17-23/h4-5,18-21,23H,1-2,6-17H2,3H3. The molecule has 1 aliphatic rings. The Balaban J connectivity index is 1.91. The molecule has 0 N–H and O–H groups in total. The van der Waals surface area contributed by atoms with E-state index in [1.807, 2.05) is 35.7 Å². The number of carbonyl (C=O) groups excluding carboxylic acids is 1. The molecule has 0 heterocycles. The van der Waals surface area contributed by atoms with Crippen molar-refractivity contribution < 1.29 is 14.6 Å². The average Bonchev–Trinajstić information content (AvgIpc) is 2.75. The first-order chi connectivity index (χ1) is 14.1. The Hall–Kier alpha value is -1.65. The Morgan fingerprint density at radius 1 is 0.931 bits per heavy atom. The van der Waals surface area contributed by atoms with E-state index in [1.54, 1.807) is 0 Å². The molecular weight excluding hydrogens is 376 g/mol. The van der Waals surface area contributed by atoms with Crippen molar-refractivity contribution in [3.8, 4) is 0 Å². The summed E-state index contributed by atoms with van der Waals surface area (Å²) in [6.07, 6.45) is 13.4. The smallest absolute Gasteiger partial charge is 0.293 e. The van der Waals surface area contributed by atoms with Gasteiger partial charge in [0.2, 0.25) is 0 Å². The van der Waals surface area contributed by atoms with Crippen LogP contribution in [0.25, 0.3) is 0 Å². The van der Waals surface area contributed by atoms with Crippen molar-refractivity contribution in [3.05, 3.63) is 54.4 Å². The molecule has 0 bridgehead atoms. The Labute approximate surface area is 178 Å². The zero-order chi connectivity index (χ0) is 21.0. The van der Waals surface area contributed by atoms with Crippen LogP contribution in [0.1, 0.15) is 87.9 Å². The second-order valence-electron chi connectivity index (χ2n) is 8.23. The second-order valence-corrected chi connectivity index (χ2v) is 12.4. The molecule has 2 rings (SSSR count). The van der Waals surface area contributed by atoms with Crippen molar-refractivity contribution >= 4 is 19.2 Å². The fraction of sp³-hybridized carbons (Fsp3) is 0.560. The van der Waals surface area contributed by atoms with E-state index in [1.165, 1.54) is 50.1 Å². The molecule has 0 spiro atoms. The normalized spacial score (nSPS) is 17.6. The Morgan fingerprint density at radius 2 is 1.41 bits per heavy atom. The minimum absolute atomic E-state index is 0.0133. The Kier molecular flexibility index (Phi) is 10.4. The molecule has 0 amide bonds. The SMILES string of the molecule is C=C[Si](C=C)(CC)c1ccc(C(=O)OOC2CCCCCCCCCCC2)cc1. The van der Waals surface area contributed by atoms with Crippen LogP contribution in [-0.2, 0) is 9.78 Å². The minimum Gasteiger partial charge on any atom is -0.293 e. The Morgan fingerprint density at radius 3 is 1.86 bits per heavy atom. The van der Waals surface area contributed by atoms with Gasteiger partial charge in [0.15, 0.2) is 0 Å². The monoisotopic (exact) mass is 414 g/mol. The van der Waals surface area contributed by atoms with Crippen molar-refractivity contribution in [2.45, 2.75) is 89.7 Å². The summed E-state index contributed by atoms with van der Waals surface area (Å²) in [5.74, 6) is -0.413. The van der Waals surface area contributed by atoms with Crippen molar-refractivity contribution in [1.29, 1.82) is 0 Å². The molecule has 4 heteroatoms. The molecule has 1 aliphatic carbocycles. The highest BCUT2D eigenvalue weighted by atomic mass is 28.3. The number of carbonyl (C=O) groups is 1. The molecule has 160 valence electrons. The van der Waals surface area contributed by atoms with Crippen LogP contribution >= 0.6 is 0 Å². The lowest BCUT2D eigenvalue weighted by Gasteiger charge is -2.23. The maximum absolute atomic E-state index is 12.5. The van der Waals surface area contributed by atoms with Gasteiger partial charge in [-0.2, -0.15) is 4.89 Å². The molecule has 3 nitrogen and oxygen atoms in total. The average molecular weight is 415 g/mol. The molecule has 0 aromatic heterocycles. The van der Waals surface area contributed by atoms with Gasteiger partial charge >= 0.3 is 5.97 Å². The van der Waals surface area contributed by atoms with Gasteiger partial charge in [-0.1, -0.05) is 93.4 Å². The van der Waals surface area contributed by atoms with Gasteiger partial charge in [0, 0.05) is 0 Å². The van der Waals surface area contributed by atoms with Crippen LogP contribution in [0.4, 0.5) is 0 Å². The molecule has 29 heavy (non-hydrogen) atoms. The van der Waals surface area contributed by atoms with Crippen LogP contribution in [0, 0.1) is 0 Å². The molecule has 0 saturated heterocycles. The maximum atomic E-state index is 12.5. The van der Waals surface area contributed by atoms with Crippen molar-refractivity contribution in [2.24, 2.45) is 0 Å². The molecule has 1 aromatic rings. The van der Waals surface area contributed by atoms with Gasteiger partial charge in [0.1, 0.15) is 14.2 Å². The van der Waals surface area contributed by atoms with E-state index in [9.17, 15) is 4.79 Å². The lowest BCUT2D eigenvalue weighted by molar-refractivity contribution is -0.277. The van der Waals surface area contributed by atoms with Crippen LogP contribution < -0.4 is 5.19 Å². The summed E-state index contributed by atoms with van der Waals surface area (Å²) >= 11 is 0. The van der Waals surface area contributed by atoms with Crippen LogP contribution in [0.3, 0.4) is 0 Å². The molecular formula is C25H38O3Si. The van der Waals surface area contributed by atoms with Gasteiger partial charge in [-0.05, 0) is 31.0 Å². The summed E-state index contributed by atoms with van der Waals surface area (Å²) in [4.78, 5) is 23.3. The van der Waals surface area contributed by atoms with Gasteiger partial charge in [0.05, 0.1) is 5.56 Å². The fourth-order valence-electron chi connectivity index (χ4n) is 4.11. The van der Waals surface area contributed by atoms with Crippen LogP contribution in [0.15, 0.2) is 48.8 Å². The molecule has 1 saturated carbocycles. The third kappa shape index (κ3) is 7.27. The number of hydrogen-bond donors (Lipinski definition) is 0. The summed E-state index contributed by atoms with van der Waals surface area (Å²) in [5.41, 5.74) is 4.61. The summed E-state index contributed by atoms with van der Waals surface area (Å²) in [6.45, 7) is 10.2. The lowest BCUT2D eigenvalue weighted by atomic mass is 9.99. The largest absolute Gasteiger partial charge is 0.373 e. The van der Waals surface area contributed by atoms with Crippen molar-refractivity contribution in [2.75, 3.05) is 0 Å². The fourth-order valence-corrected chi connectivity index (χ4v) is 6.52. The van der Waals surface area contributed by atoms with Crippen molar-refractivity contribution in [3.63, 3.8) is 0 Å². The van der Waals surface area contributed by atoms with Crippen LogP contribution in [0.5, 0.6) is 0 Å². The van der Waals surface area contributed by atoms with E-state index in [0.717, 1.165) is 31.7 Å². The quantitative estimate of drug-likeness (QED) is 0.287. The molecule has 0 radical (unpaired) electrons. The first-order valence-electron chi connectivity index (χ1n) is 11.4. The summed E-state index contributed by atoms with van der Waals surface area (Å²) < 4.78 is 0. The molecule has 1 fully saturated rings. The minimum atomic E-state index is -1.88. The first kappa shape index (κ1) is 23.6. The number of rotatable bonds is 7. The van der Waals surface area contributed by atoms with E-state index < -0.39 is 14.0 Å². The summed E-state index contributed by atoms with van der Waals surface area (Å²) in [6, 6.07) is 8.67. The molecule has 1 aromatic carbocycles. The number of benzene rings is 1. The third-order valence-electron chi connectivity index (χ3n) is 6.28. The van der Waals surface area contributed by atoms with Gasteiger partial charge in [-0.3, -0.25) is 4.89 Å². The molecule has 0 atom stereocenters. The van der Waals surface area contributed by atoms with E-state index in [-0.39, 0.29) is 6.10 Å². The summed E-state index contributed by atoms with van der Waals surface area (Å²) in [5, 5.41) is 1.21. The highest BCUT2D eigenvalue weighted by Gasteiger charge is 2.26. The number of hydrogen-bond acceptors (Lipinski definition) is 3. The first-order valence-corrected chi connectivity index (χ1v) is 13.8. The molecule has 0 aliphatic heterocycles. The van der Waals surface area contributed by atoms with Crippen LogP contribution in [0.2, 0.25) is 6.04 Å². The highest BCUT2D eigenvalue weighted by molar-refractivity contribution is 6.99. The van der Waals surface area contributed by atoms with Gasteiger partial charge in [0.25, 0.3) is 0 Å². The van der Waals surface area contributed by atoms with Gasteiger partial charge in [-0.15, -0.1) is 13.2 Å². The maximum Gasteiger partial charge on any atom is 0.373 e. The second kappa shape index (κ2) is 12.8. The Bertz CT molecular complexity index is 618. The van der Waals surface area contributed by atoms with Crippen LogP contribution in [-0.4, -0.2) is 20.1 Å². The van der Waals surface area contributed by atoms with E-state index >= 15 is 0 Å². The topological polar surface area (TPSA) is 35.5 Å². The van der Waals surface area contributed by atoms with E-state index in [4.69, 9.17) is 9.78 Å². The van der Waals surface area contributed by atoms with Gasteiger partial charge in [-0.25, -0.2) is 4.79 Å². The predicted octanol–water partition coefficient (Wildman–Crippen LogP) is 6.57. The van der Waals surface area contributed by atoms with E-state index in [2.05, 4.69) is 20.1 Å². The zero-order valence-electron chi connectivity index (χ0n) is 18.2. The predicted molar refractivity (Wildman–Crippen MR) is 124 cm³/mol. The third-order valence-corrected chi connectivity index (χ3v) is 10.3. The van der Waals surface area contributed by atoms with Gasteiger partial charge < -0.3 is 0 Å². The zero-order valence-corrected chi connectivity index (χ0v) is 19.2. The van der Waals surface area contributed by atoms with Crippen molar-refractivity contribution in [1.82, 2.24) is 0 Å². The molecule has 0 unspecified atom stereocenters. The summed E-state index contributed by atoms with van der Waals surface area (Å²) in [7, 11) is -1.88.